The molecular weight excluding hydrogens is 238 g/mol. The summed E-state index contributed by atoms with van der Waals surface area (Å²) < 4.78 is 5.40. The third kappa shape index (κ3) is 2.50. The van der Waals surface area contributed by atoms with Crippen LogP contribution in [0.25, 0.3) is 0 Å². The molecule has 0 aliphatic heterocycles. The minimum absolute atomic E-state index is 0.118. The van der Waals surface area contributed by atoms with Crippen molar-refractivity contribution in [2.24, 2.45) is 17.3 Å². The maximum atomic E-state index is 11.8. The molecule has 2 aliphatic rings. The molecule has 19 heavy (non-hydrogen) atoms. The molecule has 0 saturated heterocycles. The highest BCUT2D eigenvalue weighted by Crippen LogP contribution is 2.51. The van der Waals surface area contributed by atoms with Gasteiger partial charge in [0.15, 0.2) is 0 Å². The van der Waals surface area contributed by atoms with Gasteiger partial charge in [-0.05, 0) is 36.8 Å². The van der Waals surface area contributed by atoms with Gasteiger partial charge in [0.25, 0.3) is 0 Å². The van der Waals surface area contributed by atoms with E-state index >= 15 is 0 Å². The zero-order valence-corrected chi connectivity index (χ0v) is 11.1. The fourth-order valence-electron chi connectivity index (χ4n) is 3.26. The molecule has 100 valence electrons. The van der Waals surface area contributed by atoms with Crippen molar-refractivity contribution in [3.63, 3.8) is 0 Å². The molecule has 3 unspecified atom stereocenters. The van der Waals surface area contributed by atoms with Crippen LogP contribution in [0.2, 0.25) is 0 Å². The smallest absolute Gasteiger partial charge is 0.411 e. The van der Waals surface area contributed by atoms with Crippen molar-refractivity contribution < 1.29 is 9.53 Å². The third-order valence-electron chi connectivity index (χ3n) is 4.35. The predicted molar refractivity (Wildman–Crippen MR) is 74.9 cm³/mol. The summed E-state index contributed by atoms with van der Waals surface area (Å²) in [5.41, 5.74) is 0.887. The molecule has 0 radical (unpaired) electrons. The van der Waals surface area contributed by atoms with E-state index in [2.05, 4.69) is 24.4 Å². The molecule has 1 aromatic rings. The van der Waals surface area contributed by atoms with Gasteiger partial charge in [-0.15, -0.1) is 0 Å². The predicted octanol–water partition coefficient (Wildman–Crippen LogP) is 3.84. The summed E-state index contributed by atoms with van der Waals surface area (Å²) >= 11 is 0. The summed E-state index contributed by atoms with van der Waals surface area (Å²) in [7, 11) is 0. The van der Waals surface area contributed by atoms with E-state index in [4.69, 9.17) is 4.74 Å². The molecule has 3 nitrogen and oxygen atoms in total. The lowest BCUT2D eigenvalue weighted by molar-refractivity contribution is 0.0853. The number of anilines is 1. The van der Waals surface area contributed by atoms with Crippen molar-refractivity contribution >= 4 is 11.8 Å². The molecule has 2 aliphatic carbocycles. The number of hydrogen-bond acceptors (Lipinski definition) is 2. The second-order valence-electron chi connectivity index (χ2n) is 5.91. The number of carbonyl (C=O) groups is 1. The summed E-state index contributed by atoms with van der Waals surface area (Å²) in [4.78, 5) is 11.8. The molecule has 1 aromatic carbocycles. The van der Waals surface area contributed by atoms with Crippen LogP contribution >= 0.6 is 0 Å². The fourth-order valence-corrected chi connectivity index (χ4v) is 3.26. The first kappa shape index (κ1) is 12.3. The Morgan fingerprint density at radius 2 is 2.16 bits per heavy atom. The van der Waals surface area contributed by atoms with Crippen LogP contribution in [-0.2, 0) is 4.74 Å². The molecule has 3 rings (SSSR count). The molecule has 0 spiro atoms. The molecule has 0 heterocycles. The molecule has 1 fully saturated rings. The van der Waals surface area contributed by atoms with Crippen molar-refractivity contribution in [3.8, 4) is 0 Å². The molecule has 1 saturated carbocycles. The minimum atomic E-state index is -0.362. The van der Waals surface area contributed by atoms with Crippen molar-refractivity contribution in [1.29, 1.82) is 0 Å². The van der Waals surface area contributed by atoms with Gasteiger partial charge < -0.3 is 4.74 Å². The highest BCUT2D eigenvalue weighted by Gasteiger charge is 2.45. The van der Waals surface area contributed by atoms with Crippen LogP contribution < -0.4 is 5.32 Å². The van der Waals surface area contributed by atoms with E-state index in [1.807, 2.05) is 30.3 Å². The highest BCUT2D eigenvalue weighted by atomic mass is 16.5. The Kier molecular flexibility index (Phi) is 3.05. The van der Waals surface area contributed by atoms with E-state index in [1.54, 1.807) is 0 Å². The molecule has 1 amide bonds. The first-order valence-electron chi connectivity index (χ1n) is 6.83. The number of amides is 1. The molecule has 3 atom stereocenters. The number of para-hydroxylation sites is 1. The Balaban J connectivity index is 1.53. The van der Waals surface area contributed by atoms with E-state index in [0.717, 1.165) is 12.1 Å². The monoisotopic (exact) mass is 257 g/mol. The Bertz CT molecular complexity index is 497. The van der Waals surface area contributed by atoms with E-state index < -0.39 is 0 Å². The first-order chi connectivity index (χ1) is 9.16. The number of benzene rings is 1. The van der Waals surface area contributed by atoms with Gasteiger partial charge in [0.1, 0.15) is 0 Å². The van der Waals surface area contributed by atoms with Crippen LogP contribution in [0.4, 0.5) is 10.5 Å². The summed E-state index contributed by atoms with van der Waals surface area (Å²) in [5.74, 6) is 1.26. The Labute approximate surface area is 113 Å². The minimum Gasteiger partial charge on any atom is -0.449 e. The zero-order valence-electron chi connectivity index (χ0n) is 11.1. The standard InChI is InChI=1S/C16H19NO2/c1-16(10-12-7-8-13(16)9-12)11-19-15(18)17-14-5-3-2-4-6-14/h2-8,12-13H,9-11H2,1H3,(H,17,18). The van der Waals surface area contributed by atoms with Gasteiger partial charge in [0, 0.05) is 11.1 Å². The maximum Gasteiger partial charge on any atom is 0.411 e. The number of hydrogen-bond donors (Lipinski definition) is 1. The topological polar surface area (TPSA) is 38.3 Å². The molecule has 0 aromatic heterocycles. The van der Waals surface area contributed by atoms with E-state index in [0.29, 0.717) is 18.4 Å². The summed E-state index contributed by atoms with van der Waals surface area (Å²) in [6.45, 7) is 2.72. The number of allylic oxidation sites excluding steroid dienone is 2. The van der Waals surface area contributed by atoms with Crippen molar-refractivity contribution in [1.82, 2.24) is 0 Å². The summed E-state index contributed by atoms with van der Waals surface area (Å²) in [6, 6.07) is 9.39. The second-order valence-corrected chi connectivity index (χ2v) is 5.91. The van der Waals surface area contributed by atoms with Gasteiger partial charge in [-0.2, -0.15) is 0 Å². The van der Waals surface area contributed by atoms with E-state index in [-0.39, 0.29) is 11.5 Å². The third-order valence-corrected chi connectivity index (χ3v) is 4.35. The number of nitrogens with one attached hydrogen (secondary N) is 1. The largest absolute Gasteiger partial charge is 0.449 e. The van der Waals surface area contributed by atoms with Crippen LogP contribution in [0.5, 0.6) is 0 Å². The van der Waals surface area contributed by atoms with E-state index in [1.165, 1.54) is 6.42 Å². The highest BCUT2D eigenvalue weighted by molar-refractivity contribution is 5.84. The fraction of sp³-hybridized carbons (Fsp3) is 0.438. The maximum absolute atomic E-state index is 11.8. The van der Waals surface area contributed by atoms with Gasteiger partial charge >= 0.3 is 6.09 Å². The number of fused-ring (bicyclic) bond motifs is 2. The van der Waals surface area contributed by atoms with Crippen molar-refractivity contribution in [2.45, 2.75) is 19.8 Å². The van der Waals surface area contributed by atoms with Crippen LogP contribution in [0.1, 0.15) is 19.8 Å². The van der Waals surface area contributed by atoms with Crippen LogP contribution in [0.15, 0.2) is 42.5 Å². The Morgan fingerprint density at radius 3 is 2.79 bits per heavy atom. The molecular formula is C16H19NO2. The number of ether oxygens (including phenoxy) is 1. The quantitative estimate of drug-likeness (QED) is 0.835. The first-order valence-corrected chi connectivity index (χ1v) is 6.83. The van der Waals surface area contributed by atoms with Gasteiger partial charge in [-0.3, -0.25) is 5.32 Å². The van der Waals surface area contributed by atoms with Gasteiger partial charge in [0.2, 0.25) is 0 Å². The normalized spacial score (nSPS) is 31.4. The lowest BCUT2D eigenvalue weighted by Gasteiger charge is -2.30. The molecule has 1 N–H and O–H groups in total. The Morgan fingerprint density at radius 1 is 1.37 bits per heavy atom. The van der Waals surface area contributed by atoms with E-state index in [9.17, 15) is 4.79 Å². The Hall–Kier alpha value is -1.77. The van der Waals surface area contributed by atoms with Crippen molar-refractivity contribution in [2.75, 3.05) is 11.9 Å². The summed E-state index contributed by atoms with van der Waals surface area (Å²) in [5, 5.41) is 2.75. The van der Waals surface area contributed by atoms with Gasteiger partial charge in [0.05, 0.1) is 6.61 Å². The lowest BCUT2D eigenvalue weighted by atomic mass is 9.78. The zero-order chi connectivity index (χ0) is 13.3. The average molecular weight is 257 g/mol. The molecule has 2 bridgehead atoms. The molecule has 3 heteroatoms. The number of rotatable bonds is 3. The van der Waals surface area contributed by atoms with Crippen molar-refractivity contribution in [3.05, 3.63) is 42.5 Å². The SMILES string of the molecule is CC1(COC(=O)Nc2ccccc2)CC2C=CC1C2. The van der Waals surface area contributed by atoms with Crippen LogP contribution in [0, 0.1) is 17.3 Å². The average Bonchev–Trinajstić information content (AvgIpc) is 2.98. The van der Waals surface area contributed by atoms with Crippen LogP contribution in [-0.4, -0.2) is 12.7 Å². The second kappa shape index (κ2) is 4.72. The van der Waals surface area contributed by atoms with Crippen LogP contribution in [0.3, 0.4) is 0 Å². The van der Waals surface area contributed by atoms with Gasteiger partial charge in [-0.25, -0.2) is 4.79 Å². The summed E-state index contributed by atoms with van der Waals surface area (Å²) in [6.07, 6.45) is 6.58. The lowest BCUT2D eigenvalue weighted by Crippen LogP contribution is -2.30. The van der Waals surface area contributed by atoms with Gasteiger partial charge in [-0.1, -0.05) is 37.3 Å². The number of carbonyl (C=O) groups excluding carboxylic acids is 1.